The lowest BCUT2D eigenvalue weighted by Crippen LogP contribution is -2.50. The van der Waals surface area contributed by atoms with Gasteiger partial charge in [0.1, 0.15) is 0 Å². The van der Waals surface area contributed by atoms with Crippen molar-refractivity contribution in [3.63, 3.8) is 0 Å². The summed E-state index contributed by atoms with van der Waals surface area (Å²) in [6, 6.07) is 19.9. The lowest BCUT2D eigenvalue weighted by Gasteiger charge is -2.41. The van der Waals surface area contributed by atoms with E-state index < -0.39 is 5.92 Å². The van der Waals surface area contributed by atoms with E-state index in [1.165, 1.54) is 12.1 Å². The summed E-state index contributed by atoms with van der Waals surface area (Å²) in [6.45, 7) is 2.20. The highest BCUT2D eigenvalue weighted by atomic mass is 19.3. The lowest BCUT2D eigenvalue weighted by molar-refractivity contribution is -0.132. The van der Waals surface area contributed by atoms with Crippen LogP contribution in [0.3, 0.4) is 0 Å². The molecule has 1 amide bonds. The molecule has 0 radical (unpaired) electrons. The number of aryl methyl sites for hydroxylation is 1. The van der Waals surface area contributed by atoms with Crippen molar-refractivity contribution in [1.82, 2.24) is 5.01 Å². The second kappa shape index (κ2) is 8.96. The highest BCUT2D eigenvalue weighted by Crippen LogP contribution is 2.32. The van der Waals surface area contributed by atoms with E-state index in [0.717, 1.165) is 41.8 Å². The summed E-state index contributed by atoms with van der Waals surface area (Å²) in [5.74, 6) is -2.94. The van der Waals surface area contributed by atoms with Gasteiger partial charge in [0.25, 0.3) is 5.92 Å². The molecular weight excluding hydrogens is 408 g/mol. The molecule has 0 N–H and O–H groups in total. The van der Waals surface area contributed by atoms with Crippen LogP contribution in [-0.2, 0) is 17.1 Å². The summed E-state index contributed by atoms with van der Waals surface area (Å²) in [4.78, 5) is 13.2. The number of hydrogen-bond donors (Lipinski definition) is 0. The van der Waals surface area contributed by atoms with Gasteiger partial charge in [-0.1, -0.05) is 42.5 Å². The van der Waals surface area contributed by atoms with Crippen molar-refractivity contribution in [3.05, 3.63) is 77.4 Å². The minimum Gasteiger partial charge on any atom is -0.282 e. The summed E-state index contributed by atoms with van der Waals surface area (Å²) >= 11 is 0. The van der Waals surface area contributed by atoms with Gasteiger partial charge in [0, 0.05) is 42.8 Å². The molecule has 6 heteroatoms. The molecule has 4 rings (SSSR count). The first-order chi connectivity index (χ1) is 15.4. The highest BCUT2D eigenvalue weighted by Gasteiger charge is 2.27. The maximum Gasteiger partial charge on any atom is 0.270 e. The number of anilines is 1. The monoisotopic (exact) mass is 433 g/mol. The van der Waals surface area contributed by atoms with Gasteiger partial charge >= 0.3 is 0 Å². The van der Waals surface area contributed by atoms with E-state index in [1.807, 2.05) is 35.3 Å². The number of hydrogen-bond acceptors (Lipinski definition) is 3. The third-order valence-corrected chi connectivity index (χ3v) is 5.93. The Bertz CT molecular complexity index is 1180. The van der Waals surface area contributed by atoms with E-state index in [9.17, 15) is 18.8 Å². The maximum absolute atomic E-state index is 13.6. The molecule has 0 saturated carbocycles. The van der Waals surface area contributed by atoms with E-state index >= 15 is 0 Å². The number of rotatable bonds is 5. The predicted molar refractivity (Wildman–Crippen MR) is 121 cm³/mol. The summed E-state index contributed by atoms with van der Waals surface area (Å²) in [5.41, 5.74) is 2.20. The van der Waals surface area contributed by atoms with Crippen LogP contribution in [0.15, 0.2) is 60.7 Å². The van der Waals surface area contributed by atoms with E-state index in [1.54, 1.807) is 23.2 Å². The molecule has 1 aliphatic rings. The molecule has 0 aliphatic carbocycles. The van der Waals surface area contributed by atoms with Crippen LogP contribution in [0.2, 0.25) is 0 Å². The van der Waals surface area contributed by atoms with Gasteiger partial charge in [-0.15, -0.1) is 0 Å². The Kier molecular flexibility index (Phi) is 6.09. The van der Waals surface area contributed by atoms with Crippen LogP contribution >= 0.6 is 0 Å². The van der Waals surface area contributed by atoms with Crippen molar-refractivity contribution < 1.29 is 13.6 Å². The quantitative estimate of drug-likeness (QED) is 0.511. The zero-order valence-electron chi connectivity index (χ0n) is 18.0. The van der Waals surface area contributed by atoms with Crippen LogP contribution < -0.4 is 5.01 Å². The van der Waals surface area contributed by atoms with Crippen LogP contribution in [0, 0.1) is 11.3 Å². The molecule has 1 aliphatic heterocycles. The molecule has 1 heterocycles. The number of hydrazine groups is 1. The van der Waals surface area contributed by atoms with Crippen molar-refractivity contribution in [2.24, 2.45) is 0 Å². The largest absolute Gasteiger partial charge is 0.282 e. The fourth-order valence-electron chi connectivity index (χ4n) is 4.26. The van der Waals surface area contributed by atoms with E-state index in [4.69, 9.17) is 0 Å². The third kappa shape index (κ3) is 4.43. The van der Waals surface area contributed by atoms with Crippen molar-refractivity contribution >= 4 is 22.4 Å². The van der Waals surface area contributed by atoms with Crippen molar-refractivity contribution in [1.29, 1.82) is 5.26 Å². The first-order valence-electron chi connectivity index (χ1n) is 10.9. The number of carbonyl (C=O) groups excluding carboxylic acids is 1. The van der Waals surface area contributed by atoms with Crippen LogP contribution in [0.4, 0.5) is 14.5 Å². The van der Waals surface area contributed by atoms with Crippen molar-refractivity contribution in [2.45, 2.75) is 38.5 Å². The molecule has 3 aromatic rings. The average Bonchev–Trinajstić information content (AvgIpc) is 2.81. The zero-order valence-corrected chi connectivity index (χ0v) is 18.0. The minimum atomic E-state index is -2.90. The van der Waals surface area contributed by atoms with Gasteiger partial charge < -0.3 is 0 Å². The normalized spacial score (nSPS) is 14.4. The van der Waals surface area contributed by atoms with Gasteiger partial charge in [0.15, 0.2) is 0 Å². The van der Waals surface area contributed by atoms with Gasteiger partial charge in [-0.3, -0.25) is 14.8 Å². The lowest BCUT2D eigenvalue weighted by atomic mass is 10.0. The van der Waals surface area contributed by atoms with Gasteiger partial charge in [0.2, 0.25) is 5.91 Å². The Morgan fingerprint density at radius 2 is 1.78 bits per heavy atom. The predicted octanol–water partition coefficient (Wildman–Crippen LogP) is 5.80. The standard InChI is InChI=1S/C26H25F2N3O/c1-26(27,28)21-8-6-7-19(17-21)11-14-25(32)31-16-5-4-15-30(31)24-13-12-20(18-29)22-9-2-3-10-23(22)24/h2-3,6-10,12-13,17H,4-5,11,14-16H2,1H3. The molecule has 164 valence electrons. The molecule has 1 saturated heterocycles. The molecule has 0 bridgehead atoms. The van der Waals surface area contributed by atoms with Crippen LogP contribution in [-0.4, -0.2) is 24.0 Å². The Labute approximate surface area is 186 Å². The van der Waals surface area contributed by atoms with Gasteiger partial charge in [0.05, 0.1) is 17.3 Å². The number of halogens is 2. The molecule has 0 spiro atoms. The van der Waals surface area contributed by atoms with E-state index in [0.29, 0.717) is 25.1 Å². The van der Waals surface area contributed by atoms with Gasteiger partial charge in [-0.05, 0) is 43.0 Å². The first kappa shape index (κ1) is 21.8. The van der Waals surface area contributed by atoms with Gasteiger partial charge in [-0.2, -0.15) is 5.26 Å². The molecule has 0 unspecified atom stereocenters. The molecule has 1 fully saturated rings. The molecule has 32 heavy (non-hydrogen) atoms. The number of amides is 1. The number of carbonyl (C=O) groups is 1. The van der Waals surface area contributed by atoms with Crippen molar-refractivity contribution in [2.75, 3.05) is 18.1 Å². The van der Waals surface area contributed by atoms with Crippen LogP contribution in [0.25, 0.3) is 10.8 Å². The van der Waals surface area contributed by atoms with Gasteiger partial charge in [-0.25, -0.2) is 8.78 Å². The number of alkyl halides is 2. The molecule has 0 atom stereocenters. The number of nitrogens with zero attached hydrogens (tertiary/aromatic N) is 3. The number of nitriles is 1. The molecular formula is C26H25F2N3O. The Morgan fingerprint density at radius 1 is 1.03 bits per heavy atom. The second-order valence-corrected chi connectivity index (χ2v) is 8.23. The molecule has 3 aromatic carbocycles. The first-order valence-corrected chi connectivity index (χ1v) is 10.9. The average molecular weight is 434 g/mol. The number of benzene rings is 3. The topological polar surface area (TPSA) is 47.3 Å². The van der Waals surface area contributed by atoms with Crippen LogP contribution in [0.1, 0.15) is 42.9 Å². The molecule has 0 aromatic heterocycles. The highest BCUT2D eigenvalue weighted by molar-refractivity contribution is 5.98. The maximum atomic E-state index is 13.6. The summed E-state index contributed by atoms with van der Waals surface area (Å²) in [6.07, 6.45) is 2.52. The third-order valence-electron chi connectivity index (χ3n) is 5.93. The molecule has 4 nitrogen and oxygen atoms in total. The van der Waals surface area contributed by atoms with E-state index in [2.05, 4.69) is 6.07 Å². The second-order valence-electron chi connectivity index (χ2n) is 8.23. The fourth-order valence-corrected chi connectivity index (χ4v) is 4.26. The fraction of sp³-hybridized carbons (Fsp3) is 0.308. The number of fused-ring (bicyclic) bond motifs is 1. The SMILES string of the molecule is CC(F)(F)c1cccc(CCC(=O)N2CCCCN2c2ccc(C#N)c3ccccc23)c1. The van der Waals surface area contributed by atoms with Crippen molar-refractivity contribution in [3.8, 4) is 6.07 Å². The Hall–Kier alpha value is -3.46. The summed E-state index contributed by atoms with van der Waals surface area (Å²) in [5, 5.41) is 15.0. The minimum absolute atomic E-state index is 0.0354. The smallest absolute Gasteiger partial charge is 0.270 e. The Balaban J connectivity index is 1.57. The Morgan fingerprint density at radius 3 is 2.53 bits per heavy atom. The summed E-state index contributed by atoms with van der Waals surface area (Å²) in [7, 11) is 0. The zero-order chi connectivity index (χ0) is 22.7. The van der Waals surface area contributed by atoms with E-state index in [-0.39, 0.29) is 17.9 Å². The summed E-state index contributed by atoms with van der Waals surface area (Å²) < 4.78 is 27.3. The van der Waals surface area contributed by atoms with Crippen LogP contribution in [0.5, 0.6) is 0 Å².